The molecule has 2 aromatic carbocycles. The molecule has 1 aromatic heterocycles. The highest BCUT2D eigenvalue weighted by molar-refractivity contribution is 6.04. The molecule has 0 radical (unpaired) electrons. The van der Waals surface area contributed by atoms with E-state index in [1.807, 2.05) is 29.2 Å². The van der Waals surface area contributed by atoms with E-state index >= 15 is 0 Å². The van der Waals surface area contributed by atoms with Crippen LogP contribution in [0, 0.1) is 0 Å². The molecular formula is C23H24N2O4. The van der Waals surface area contributed by atoms with Crippen LogP contribution >= 0.6 is 0 Å². The normalized spacial score (nSPS) is 14.0. The van der Waals surface area contributed by atoms with Gasteiger partial charge in [0.05, 0.1) is 31.0 Å². The van der Waals surface area contributed by atoms with E-state index in [2.05, 4.69) is 5.32 Å². The summed E-state index contributed by atoms with van der Waals surface area (Å²) in [6, 6.07) is 12.7. The summed E-state index contributed by atoms with van der Waals surface area (Å²) in [6.07, 6.45) is 4.96. The van der Waals surface area contributed by atoms with E-state index < -0.39 is 0 Å². The van der Waals surface area contributed by atoms with Crippen molar-refractivity contribution in [1.82, 2.24) is 4.90 Å². The first-order valence-corrected chi connectivity index (χ1v) is 9.88. The maximum atomic E-state index is 12.9. The number of methoxy groups -OCH3 is 1. The van der Waals surface area contributed by atoms with E-state index in [0.717, 1.165) is 43.3 Å². The van der Waals surface area contributed by atoms with Gasteiger partial charge in [0.25, 0.3) is 5.91 Å². The quantitative estimate of drug-likeness (QED) is 0.705. The molecule has 6 nitrogen and oxygen atoms in total. The number of amides is 2. The highest BCUT2D eigenvalue weighted by Gasteiger charge is 2.21. The predicted octanol–water partition coefficient (Wildman–Crippen LogP) is 4.25. The molecule has 0 unspecified atom stereocenters. The van der Waals surface area contributed by atoms with Crippen molar-refractivity contribution < 1.29 is 18.7 Å². The van der Waals surface area contributed by atoms with Crippen molar-refractivity contribution in [2.45, 2.75) is 25.7 Å². The lowest BCUT2D eigenvalue weighted by atomic mass is 10.1. The van der Waals surface area contributed by atoms with Crippen LogP contribution in [0.3, 0.4) is 0 Å². The van der Waals surface area contributed by atoms with Crippen molar-refractivity contribution in [2.75, 3.05) is 25.5 Å². The summed E-state index contributed by atoms with van der Waals surface area (Å²) in [4.78, 5) is 27.5. The van der Waals surface area contributed by atoms with E-state index in [4.69, 9.17) is 9.15 Å². The Morgan fingerprint density at radius 3 is 2.69 bits per heavy atom. The van der Waals surface area contributed by atoms with Gasteiger partial charge in [0.2, 0.25) is 5.91 Å². The average molecular weight is 392 g/mol. The lowest BCUT2D eigenvalue weighted by Gasteiger charge is -2.27. The van der Waals surface area contributed by atoms with Gasteiger partial charge in [0, 0.05) is 30.1 Å². The zero-order valence-corrected chi connectivity index (χ0v) is 16.4. The molecule has 1 fully saturated rings. The molecule has 6 heteroatoms. The lowest BCUT2D eigenvalue weighted by molar-refractivity contribution is -0.115. The van der Waals surface area contributed by atoms with Gasteiger partial charge < -0.3 is 19.4 Å². The van der Waals surface area contributed by atoms with Crippen LogP contribution in [0.4, 0.5) is 5.69 Å². The van der Waals surface area contributed by atoms with Crippen LogP contribution in [0.1, 0.15) is 35.2 Å². The molecule has 0 spiro atoms. The summed E-state index contributed by atoms with van der Waals surface area (Å²) in [6.45, 7) is 1.54. The SMILES string of the molecule is COc1ccc2c(CC(=O)Nc3ccccc3C(=O)N3CCCCC3)coc2c1. The third kappa shape index (κ3) is 4.11. The van der Waals surface area contributed by atoms with Crippen LogP contribution < -0.4 is 10.1 Å². The highest BCUT2D eigenvalue weighted by atomic mass is 16.5. The number of nitrogens with zero attached hydrogens (tertiary/aromatic N) is 1. The van der Waals surface area contributed by atoms with Crippen molar-refractivity contribution in [3.8, 4) is 5.75 Å². The van der Waals surface area contributed by atoms with Gasteiger partial charge in [-0.05, 0) is 43.5 Å². The number of rotatable bonds is 5. The Morgan fingerprint density at radius 2 is 1.90 bits per heavy atom. The highest BCUT2D eigenvalue weighted by Crippen LogP contribution is 2.26. The zero-order chi connectivity index (χ0) is 20.2. The van der Waals surface area contributed by atoms with Crippen LogP contribution in [0.2, 0.25) is 0 Å². The number of likely N-dealkylation sites (tertiary alicyclic amines) is 1. The van der Waals surface area contributed by atoms with Gasteiger partial charge in [-0.1, -0.05) is 12.1 Å². The molecule has 2 amide bonds. The molecule has 3 aromatic rings. The Balaban J connectivity index is 1.50. The maximum Gasteiger partial charge on any atom is 0.255 e. The number of furan rings is 1. The van der Waals surface area contributed by atoms with Gasteiger partial charge in [-0.15, -0.1) is 0 Å². The molecule has 0 aliphatic carbocycles. The fourth-order valence-electron chi connectivity index (χ4n) is 3.74. The van der Waals surface area contributed by atoms with Crippen molar-refractivity contribution >= 4 is 28.5 Å². The molecule has 1 saturated heterocycles. The topological polar surface area (TPSA) is 71.8 Å². The van der Waals surface area contributed by atoms with Crippen LogP contribution in [0.5, 0.6) is 5.75 Å². The Hall–Kier alpha value is -3.28. The van der Waals surface area contributed by atoms with E-state index in [1.54, 1.807) is 31.6 Å². The molecule has 1 aliphatic rings. The number of hydrogen-bond donors (Lipinski definition) is 1. The summed E-state index contributed by atoms with van der Waals surface area (Å²) in [5, 5.41) is 3.78. The minimum absolute atomic E-state index is 0.0264. The second kappa shape index (κ2) is 8.39. The molecular weight excluding hydrogens is 368 g/mol. The Morgan fingerprint density at radius 1 is 1.10 bits per heavy atom. The minimum atomic E-state index is -0.192. The first kappa shape index (κ1) is 19.1. The Kier molecular flexibility index (Phi) is 5.51. The van der Waals surface area contributed by atoms with E-state index in [1.165, 1.54) is 0 Å². The summed E-state index contributed by atoms with van der Waals surface area (Å²) in [5.41, 5.74) is 2.54. The van der Waals surface area contributed by atoms with Crippen molar-refractivity contribution in [2.24, 2.45) is 0 Å². The van der Waals surface area contributed by atoms with Crippen LogP contribution in [0.15, 0.2) is 53.1 Å². The fourth-order valence-corrected chi connectivity index (χ4v) is 3.74. The van der Waals surface area contributed by atoms with Gasteiger partial charge in [-0.2, -0.15) is 0 Å². The van der Waals surface area contributed by atoms with Gasteiger partial charge in [0.1, 0.15) is 11.3 Å². The third-order valence-electron chi connectivity index (χ3n) is 5.29. The number of carbonyl (C=O) groups excluding carboxylic acids is 2. The van der Waals surface area contributed by atoms with Gasteiger partial charge in [-0.25, -0.2) is 0 Å². The molecule has 0 bridgehead atoms. The fraction of sp³-hybridized carbons (Fsp3) is 0.304. The monoisotopic (exact) mass is 392 g/mol. The lowest BCUT2D eigenvalue weighted by Crippen LogP contribution is -2.36. The largest absolute Gasteiger partial charge is 0.497 e. The summed E-state index contributed by atoms with van der Waals surface area (Å²) in [5.74, 6) is 0.483. The van der Waals surface area contributed by atoms with E-state index in [-0.39, 0.29) is 18.2 Å². The first-order valence-electron chi connectivity index (χ1n) is 9.88. The second-order valence-electron chi connectivity index (χ2n) is 7.25. The van der Waals surface area contributed by atoms with Crippen molar-refractivity contribution in [3.05, 3.63) is 59.9 Å². The summed E-state index contributed by atoms with van der Waals surface area (Å²) >= 11 is 0. The molecule has 1 N–H and O–H groups in total. The molecule has 0 atom stereocenters. The number of hydrogen-bond acceptors (Lipinski definition) is 4. The second-order valence-corrected chi connectivity index (χ2v) is 7.25. The zero-order valence-electron chi connectivity index (χ0n) is 16.4. The smallest absolute Gasteiger partial charge is 0.255 e. The Bertz CT molecular complexity index is 1030. The Labute approximate surface area is 169 Å². The number of piperidine rings is 1. The number of fused-ring (bicyclic) bond motifs is 1. The number of nitrogens with one attached hydrogen (secondary N) is 1. The van der Waals surface area contributed by atoms with Crippen LogP contribution in [0.25, 0.3) is 11.0 Å². The number of benzene rings is 2. The molecule has 150 valence electrons. The molecule has 29 heavy (non-hydrogen) atoms. The maximum absolute atomic E-state index is 12.9. The standard InChI is InChI=1S/C23H24N2O4/c1-28-17-9-10-18-16(15-29-21(18)14-17)13-22(26)24-20-8-4-3-7-19(20)23(27)25-11-5-2-6-12-25/h3-4,7-10,14-15H,2,5-6,11-13H2,1H3,(H,24,26). The molecule has 2 heterocycles. The predicted molar refractivity (Wildman–Crippen MR) is 111 cm³/mol. The van der Waals surface area contributed by atoms with Crippen LogP contribution in [-0.2, 0) is 11.2 Å². The molecule has 4 rings (SSSR count). The summed E-state index contributed by atoms with van der Waals surface area (Å²) < 4.78 is 10.8. The summed E-state index contributed by atoms with van der Waals surface area (Å²) in [7, 11) is 1.60. The third-order valence-corrected chi connectivity index (χ3v) is 5.29. The number of ether oxygens (including phenoxy) is 1. The van der Waals surface area contributed by atoms with Gasteiger partial charge in [-0.3, -0.25) is 9.59 Å². The minimum Gasteiger partial charge on any atom is -0.497 e. The molecule has 1 aliphatic heterocycles. The van der Waals surface area contributed by atoms with Crippen LogP contribution in [-0.4, -0.2) is 36.9 Å². The first-order chi connectivity index (χ1) is 14.2. The number of anilines is 1. The van der Waals surface area contributed by atoms with Crippen molar-refractivity contribution in [1.29, 1.82) is 0 Å². The van der Waals surface area contributed by atoms with Crippen molar-refractivity contribution in [3.63, 3.8) is 0 Å². The number of carbonyl (C=O) groups is 2. The number of para-hydroxylation sites is 1. The van der Waals surface area contributed by atoms with E-state index in [9.17, 15) is 9.59 Å². The average Bonchev–Trinajstić information content (AvgIpc) is 3.16. The van der Waals surface area contributed by atoms with Gasteiger partial charge in [0.15, 0.2) is 0 Å². The van der Waals surface area contributed by atoms with Gasteiger partial charge >= 0.3 is 0 Å². The van der Waals surface area contributed by atoms with E-state index in [0.29, 0.717) is 22.6 Å². The molecule has 0 saturated carbocycles.